The topological polar surface area (TPSA) is 43.4 Å². The van der Waals surface area contributed by atoms with Crippen LogP contribution in [0, 0.1) is 6.92 Å². The van der Waals surface area contributed by atoms with Crippen LogP contribution in [0.2, 0.25) is 0 Å². The van der Waals surface area contributed by atoms with E-state index in [1.807, 2.05) is 43.3 Å². The Morgan fingerprint density at radius 2 is 1.80 bits per heavy atom. The number of allylic oxidation sites excluding steroid dienone is 1. The first-order chi connectivity index (χ1) is 12.0. The predicted octanol–water partition coefficient (Wildman–Crippen LogP) is 3.49. The monoisotopic (exact) mass is 424 g/mol. The third-order valence-electron chi connectivity index (χ3n) is 3.68. The summed E-state index contributed by atoms with van der Waals surface area (Å²) in [5.41, 5.74) is 1.05. The molecule has 0 unspecified atom stereocenters. The third-order valence-corrected chi connectivity index (χ3v) is 8.15. The van der Waals surface area contributed by atoms with E-state index in [2.05, 4.69) is 13.0 Å². The molecule has 0 saturated heterocycles. The van der Waals surface area contributed by atoms with Crippen molar-refractivity contribution in [2.45, 2.75) is 31.6 Å². The Labute approximate surface area is 157 Å². The number of aryl methyl sites for hydroxylation is 1. The minimum absolute atomic E-state index is 0.0636. The predicted molar refractivity (Wildman–Crippen MR) is 105 cm³/mol. The quantitative estimate of drug-likeness (QED) is 0.611. The average Bonchev–Trinajstić information content (AvgIpc) is 2.60. The van der Waals surface area contributed by atoms with Crippen molar-refractivity contribution >= 4 is 29.3 Å². The summed E-state index contributed by atoms with van der Waals surface area (Å²) < 4.78 is 33.1. The van der Waals surface area contributed by atoms with Gasteiger partial charge in [-0.3, -0.25) is 0 Å². The van der Waals surface area contributed by atoms with Crippen LogP contribution in [-0.4, -0.2) is 36.2 Å². The van der Waals surface area contributed by atoms with E-state index in [-0.39, 0.29) is 20.7 Å². The van der Waals surface area contributed by atoms with Gasteiger partial charge in [-0.1, -0.05) is 0 Å². The number of para-hydroxylation sites is 1. The van der Waals surface area contributed by atoms with Crippen molar-refractivity contribution in [2.24, 2.45) is 0 Å². The van der Waals surface area contributed by atoms with Crippen LogP contribution in [0.1, 0.15) is 25.3 Å². The van der Waals surface area contributed by atoms with Crippen molar-refractivity contribution in [1.82, 2.24) is 0 Å². The maximum absolute atomic E-state index is 12.8. The van der Waals surface area contributed by atoms with Gasteiger partial charge in [-0.05, 0) is 0 Å². The van der Waals surface area contributed by atoms with E-state index < -0.39 is 9.84 Å². The van der Waals surface area contributed by atoms with Gasteiger partial charge in [0.15, 0.2) is 0 Å². The van der Waals surface area contributed by atoms with E-state index in [1.165, 1.54) is 0 Å². The minimum atomic E-state index is -3.34. The molecule has 0 aromatic heterocycles. The van der Waals surface area contributed by atoms with Gasteiger partial charge in [-0.2, -0.15) is 0 Å². The van der Waals surface area contributed by atoms with Crippen molar-refractivity contribution < 1.29 is 13.2 Å². The molecule has 0 heterocycles. The Morgan fingerprint density at radius 3 is 2.44 bits per heavy atom. The molecule has 2 rings (SSSR count). The number of benzene rings is 2. The van der Waals surface area contributed by atoms with E-state index in [0.29, 0.717) is 4.90 Å². The van der Waals surface area contributed by atoms with Crippen LogP contribution in [0.4, 0.5) is 0 Å². The van der Waals surface area contributed by atoms with E-state index in [1.54, 1.807) is 19.2 Å². The molecule has 0 aliphatic heterocycles. The Morgan fingerprint density at radius 1 is 1.12 bits per heavy atom. The number of hydrogen-bond donors (Lipinski definition) is 0. The number of rotatable bonds is 8. The van der Waals surface area contributed by atoms with E-state index in [9.17, 15) is 8.42 Å². The van der Waals surface area contributed by atoms with Gasteiger partial charge in [0, 0.05) is 0 Å². The molecule has 0 amide bonds. The molecule has 0 aliphatic carbocycles. The molecule has 0 saturated carbocycles. The Hall–Kier alpha value is -1.55. The molecule has 3 nitrogen and oxygen atoms in total. The van der Waals surface area contributed by atoms with Crippen molar-refractivity contribution in [1.29, 1.82) is 0 Å². The van der Waals surface area contributed by atoms with Crippen molar-refractivity contribution in [2.75, 3.05) is 12.9 Å². The van der Waals surface area contributed by atoms with Crippen molar-refractivity contribution in [3.63, 3.8) is 0 Å². The first-order valence-corrected chi connectivity index (χ1v) is 11.6. The fourth-order valence-corrected chi connectivity index (χ4v) is 6.76. The van der Waals surface area contributed by atoms with Crippen LogP contribution >= 0.6 is 0 Å². The molecule has 5 heteroatoms. The van der Waals surface area contributed by atoms with E-state index in [0.717, 1.165) is 33.1 Å². The zero-order valence-electron chi connectivity index (χ0n) is 14.9. The van der Waals surface area contributed by atoms with Crippen LogP contribution in [0.5, 0.6) is 5.75 Å². The van der Waals surface area contributed by atoms with Gasteiger partial charge in [-0.15, -0.1) is 0 Å². The number of sulfone groups is 1. The van der Waals surface area contributed by atoms with Crippen LogP contribution in [0.15, 0.2) is 64.0 Å². The van der Waals surface area contributed by atoms with Gasteiger partial charge >= 0.3 is 157 Å². The molecule has 0 N–H and O–H groups in total. The molecule has 25 heavy (non-hydrogen) atoms. The van der Waals surface area contributed by atoms with E-state index >= 15 is 0 Å². The molecule has 0 spiro atoms. The van der Waals surface area contributed by atoms with Crippen LogP contribution in [-0.2, 0) is 9.84 Å². The molecule has 0 aliphatic rings. The van der Waals surface area contributed by atoms with Gasteiger partial charge in [0.05, 0.1) is 0 Å². The number of ether oxygens (including phenoxy) is 1. The summed E-state index contributed by atoms with van der Waals surface area (Å²) in [7, 11) is -1.69. The van der Waals surface area contributed by atoms with Gasteiger partial charge in [0.25, 0.3) is 0 Å². The first-order valence-electron chi connectivity index (χ1n) is 8.25. The summed E-state index contributed by atoms with van der Waals surface area (Å²) in [4.78, 5) is 0.385. The zero-order chi connectivity index (χ0) is 18.3. The SMILES string of the molecule is CCC/C=C(/CS(=O)(=O)c1ccc(C)cc1)[Se]c1ccccc1OC. The van der Waals surface area contributed by atoms with Crippen LogP contribution < -0.4 is 9.20 Å². The Balaban J connectivity index is 2.27. The molecular weight excluding hydrogens is 399 g/mol. The summed E-state index contributed by atoms with van der Waals surface area (Å²) in [6, 6.07) is 14.9. The average molecular weight is 423 g/mol. The maximum atomic E-state index is 12.8. The Kier molecular flexibility index (Phi) is 7.30. The standard InChI is InChI=1S/C20H24O3SSe/c1-4-5-8-18(25-20-10-7-6-9-19(20)23-3)15-24(21,22)17-13-11-16(2)12-14-17/h6-14H,4-5,15H2,1-3H3/b18-8-. The van der Waals surface area contributed by atoms with Crippen LogP contribution in [0.25, 0.3) is 0 Å². The molecular formula is C20H24O3SSe. The van der Waals surface area contributed by atoms with Gasteiger partial charge in [0.2, 0.25) is 0 Å². The number of hydrogen-bond acceptors (Lipinski definition) is 3. The molecule has 0 atom stereocenters. The molecule has 0 bridgehead atoms. The fourth-order valence-electron chi connectivity index (χ4n) is 2.30. The second kappa shape index (κ2) is 9.23. The second-order valence-electron chi connectivity index (χ2n) is 5.78. The molecule has 0 fully saturated rings. The third kappa shape index (κ3) is 5.74. The van der Waals surface area contributed by atoms with Gasteiger partial charge < -0.3 is 0 Å². The number of unbranched alkanes of at least 4 members (excludes halogenated alkanes) is 1. The zero-order valence-corrected chi connectivity index (χ0v) is 17.4. The molecule has 2 aromatic carbocycles. The summed E-state index contributed by atoms with van der Waals surface area (Å²) >= 11 is -0.0838. The summed E-state index contributed by atoms with van der Waals surface area (Å²) in [5.74, 6) is 0.881. The fraction of sp³-hybridized carbons (Fsp3) is 0.300. The van der Waals surface area contributed by atoms with Gasteiger partial charge in [0.1, 0.15) is 0 Å². The van der Waals surface area contributed by atoms with E-state index in [4.69, 9.17) is 4.74 Å². The summed E-state index contributed by atoms with van der Waals surface area (Å²) in [5, 5.41) is 0. The van der Waals surface area contributed by atoms with Crippen LogP contribution in [0.3, 0.4) is 0 Å². The Bertz CT molecular complexity index is 824. The van der Waals surface area contributed by atoms with Crippen molar-refractivity contribution in [3.8, 4) is 5.75 Å². The molecule has 0 radical (unpaired) electrons. The van der Waals surface area contributed by atoms with Crippen molar-refractivity contribution in [3.05, 3.63) is 64.6 Å². The molecule has 2 aromatic rings. The van der Waals surface area contributed by atoms with Gasteiger partial charge in [-0.25, -0.2) is 0 Å². The number of methoxy groups -OCH3 is 1. The summed E-state index contributed by atoms with van der Waals surface area (Å²) in [6.45, 7) is 4.05. The first kappa shape index (κ1) is 19.8. The second-order valence-corrected chi connectivity index (χ2v) is 10.2. The summed E-state index contributed by atoms with van der Waals surface area (Å²) in [6.07, 6.45) is 3.96. The molecule has 134 valence electrons. The normalized spacial score (nSPS) is 12.2.